The molecule has 2 rings (SSSR count). The number of nitrogens with zero attached hydrogens (tertiary/aromatic N) is 2. The first-order chi connectivity index (χ1) is 5.79. The normalized spacial score (nSPS) is 11.2. The zero-order valence-corrected chi connectivity index (χ0v) is 7.36. The second kappa shape index (κ2) is 2.63. The minimum absolute atomic E-state index is 0.544. The zero-order valence-electron chi connectivity index (χ0n) is 7.36. The van der Waals surface area contributed by atoms with Crippen molar-refractivity contribution in [3.63, 3.8) is 0 Å². The molecule has 2 aromatic heterocycles. The SMILES string of the molecule is CC(C)c1ccnc2cccn12. The molecule has 0 fully saturated rings. The topological polar surface area (TPSA) is 17.3 Å². The molecule has 0 bridgehead atoms. The summed E-state index contributed by atoms with van der Waals surface area (Å²) in [5.74, 6) is 0.544. The van der Waals surface area contributed by atoms with Gasteiger partial charge in [-0.05, 0) is 24.1 Å². The molecule has 0 aliphatic rings. The highest BCUT2D eigenvalue weighted by atomic mass is 15.0. The van der Waals surface area contributed by atoms with Gasteiger partial charge in [-0.25, -0.2) is 4.98 Å². The molecule has 0 aliphatic heterocycles. The Labute approximate surface area is 71.9 Å². The Morgan fingerprint density at radius 3 is 2.92 bits per heavy atom. The Balaban J connectivity index is 2.73. The van der Waals surface area contributed by atoms with Crippen LogP contribution in [-0.4, -0.2) is 9.38 Å². The summed E-state index contributed by atoms with van der Waals surface area (Å²) in [6.07, 6.45) is 3.92. The fraction of sp³-hybridized carbons (Fsp3) is 0.300. The number of fused-ring (bicyclic) bond motifs is 1. The number of hydrogen-bond acceptors (Lipinski definition) is 1. The van der Waals surface area contributed by atoms with Crippen molar-refractivity contribution < 1.29 is 0 Å². The van der Waals surface area contributed by atoms with Gasteiger partial charge >= 0.3 is 0 Å². The molecule has 0 saturated heterocycles. The van der Waals surface area contributed by atoms with Crippen LogP contribution in [0.25, 0.3) is 5.65 Å². The third-order valence-electron chi connectivity index (χ3n) is 2.05. The smallest absolute Gasteiger partial charge is 0.136 e. The summed E-state index contributed by atoms with van der Waals surface area (Å²) in [7, 11) is 0. The lowest BCUT2D eigenvalue weighted by Gasteiger charge is -2.07. The summed E-state index contributed by atoms with van der Waals surface area (Å²) >= 11 is 0. The molecule has 0 amide bonds. The Morgan fingerprint density at radius 2 is 2.17 bits per heavy atom. The monoisotopic (exact) mass is 160 g/mol. The lowest BCUT2D eigenvalue weighted by Crippen LogP contribution is -1.98. The largest absolute Gasteiger partial charge is 0.305 e. The van der Waals surface area contributed by atoms with Crippen molar-refractivity contribution in [1.82, 2.24) is 9.38 Å². The van der Waals surface area contributed by atoms with Crippen molar-refractivity contribution in [1.29, 1.82) is 0 Å². The van der Waals surface area contributed by atoms with Crippen LogP contribution in [0.3, 0.4) is 0 Å². The van der Waals surface area contributed by atoms with E-state index in [1.165, 1.54) is 5.69 Å². The standard InChI is InChI=1S/C10H12N2/c1-8(2)9-5-6-11-10-4-3-7-12(9)10/h3-8H,1-2H3. The highest BCUT2D eigenvalue weighted by Gasteiger charge is 2.02. The molecular weight excluding hydrogens is 148 g/mol. The van der Waals surface area contributed by atoms with Crippen LogP contribution in [0.4, 0.5) is 0 Å². The van der Waals surface area contributed by atoms with E-state index in [2.05, 4.69) is 35.5 Å². The highest BCUT2D eigenvalue weighted by molar-refractivity contribution is 5.40. The summed E-state index contributed by atoms with van der Waals surface area (Å²) in [4.78, 5) is 4.25. The predicted molar refractivity (Wildman–Crippen MR) is 49.3 cm³/mol. The van der Waals surface area contributed by atoms with Gasteiger partial charge in [0.2, 0.25) is 0 Å². The maximum atomic E-state index is 4.25. The van der Waals surface area contributed by atoms with Gasteiger partial charge < -0.3 is 4.40 Å². The third kappa shape index (κ3) is 0.998. The average molecular weight is 160 g/mol. The van der Waals surface area contributed by atoms with E-state index in [1.54, 1.807) is 0 Å². The first-order valence-electron chi connectivity index (χ1n) is 4.21. The second-order valence-electron chi connectivity index (χ2n) is 3.26. The maximum Gasteiger partial charge on any atom is 0.136 e. The lowest BCUT2D eigenvalue weighted by molar-refractivity contribution is 0.796. The van der Waals surface area contributed by atoms with Crippen molar-refractivity contribution in [3.05, 3.63) is 36.3 Å². The Hall–Kier alpha value is -1.31. The van der Waals surface area contributed by atoms with Crippen LogP contribution in [0.1, 0.15) is 25.5 Å². The van der Waals surface area contributed by atoms with Gasteiger partial charge in [0, 0.05) is 18.1 Å². The highest BCUT2D eigenvalue weighted by Crippen LogP contribution is 2.14. The van der Waals surface area contributed by atoms with E-state index in [9.17, 15) is 0 Å². The van der Waals surface area contributed by atoms with Crippen LogP contribution in [0, 0.1) is 0 Å². The van der Waals surface area contributed by atoms with E-state index >= 15 is 0 Å². The van der Waals surface area contributed by atoms with Gasteiger partial charge in [-0.3, -0.25) is 0 Å². The molecule has 0 unspecified atom stereocenters. The molecule has 0 aromatic carbocycles. The first-order valence-corrected chi connectivity index (χ1v) is 4.21. The fourth-order valence-electron chi connectivity index (χ4n) is 1.44. The zero-order chi connectivity index (χ0) is 8.55. The molecule has 0 N–H and O–H groups in total. The van der Waals surface area contributed by atoms with Gasteiger partial charge in [-0.15, -0.1) is 0 Å². The summed E-state index contributed by atoms with van der Waals surface area (Å²) in [5, 5.41) is 0. The van der Waals surface area contributed by atoms with Crippen LogP contribution >= 0.6 is 0 Å². The van der Waals surface area contributed by atoms with Crippen molar-refractivity contribution >= 4 is 5.65 Å². The van der Waals surface area contributed by atoms with Crippen LogP contribution < -0.4 is 0 Å². The lowest BCUT2D eigenvalue weighted by atomic mass is 10.1. The second-order valence-corrected chi connectivity index (χ2v) is 3.26. The van der Waals surface area contributed by atoms with E-state index in [1.807, 2.05) is 18.3 Å². The summed E-state index contributed by atoms with van der Waals surface area (Å²) in [5.41, 5.74) is 2.34. The molecule has 2 aromatic rings. The van der Waals surface area contributed by atoms with E-state index < -0.39 is 0 Å². The maximum absolute atomic E-state index is 4.25. The summed E-state index contributed by atoms with van der Waals surface area (Å²) < 4.78 is 2.13. The van der Waals surface area contributed by atoms with Crippen LogP contribution in [-0.2, 0) is 0 Å². The molecule has 12 heavy (non-hydrogen) atoms. The molecule has 2 heterocycles. The number of rotatable bonds is 1. The minimum atomic E-state index is 0.544. The molecule has 0 atom stereocenters. The quantitative estimate of drug-likeness (QED) is 0.626. The molecule has 0 aliphatic carbocycles. The van der Waals surface area contributed by atoms with E-state index in [4.69, 9.17) is 0 Å². The Bertz CT molecular complexity index is 387. The summed E-state index contributed by atoms with van der Waals surface area (Å²) in [6, 6.07) is 6.11. The van der Waals surface area contributed by atoms with Crippen LogP contribution in [0.15, 0.2) is 30.6 Å². The third-order valence-corrected chi connectivity index (χ3v) is 2.05. The van der Waals surface area contributed by atoms with Gasteiger partial charge in [0.05, 0.1) is 0 Å². The molecule has 2 heteroatoms. The molecular formula is C10H12N2. The van der Waals surface area contributed by atoms with Crippen molar-refractivity contribution in [3.8, 4) is 0 Å². The number of hydrogen-bond donors (Lipinski definition) is 0. The van der Waals surface area contributed by atoms with Crippen molar-refractivity contribution in [2.24, 2.45) is 0 Å². The van der Waals surface area contributed by atoms with Crippen LogP contribution in [0.2, 0.25) is 0 Å². The first kappa shape index (κ1) is 7.35. The van der Waals surface area contributed by atoms with E-state index in [-0.39, 0.29) is 0 Å². The van der Waals surface area contributed by atoms with Crippen molar-refractivity contribution in [2.75, 3.05) is 0 Å². The van der Waals surface area contributed by atoms with Gasteiger partial charge in [-0.2, -0.15) is 0 Å². The predicted octanol–water partition coefficient (Wildman–Crippen LogP) is 2.46. The van der Waals surface area contributed by atoms with Gasteiger partial charge in [0.25, 0.3) is 0 Å². The summed E-state index contributed by atoms with van der Waals surface area (Å²) in [6.45, 7) is 4.38. The minimum Gasteiger partial charge on any atom is -0.305 e. The van der Waals surface area contributed by atoms with Gasteiger partial charge in [-0.1, -0.05) is 13.8 Å². The molecule has 0 saturated carbocycles. The fourth-order valence-corrected chi connectivity index (χ4v) is 1.44. The molecule has 62 valence electrons. The molecule has 2 nitrogen and oxygen atoms in total. The number of aromatic nitrogens is 2. The van der Waals surface area contributed by atoms with Gasteiger partial charge in [0.1, 0.15) is 5.65 Å². The Kier molecular flexibility index (Phi) is 1.61. The average Bonchev–Trinajstić information content (AvgIpc) is 2.49. The van der Waals surface area contributed by atoms with Crippen molar-refractivity contribution in [2.45, 2.75) is 19.8 Å². The molecule has 0 spiro atoms. The van der Waals surface area contributed by atoms with Gasteiger partial charge in [0.15, 0.2) is 0 Å². The van der Waals surface area contributed by atoms with E-state index in [0.29, 0.717) is 5.92 Å². The Morgan fingerprint density at radius 1 is 1.33 bits per heavy atom. The van der Waals surface area contributed by atoms with E-state index in [0.717, 1.165) is 5.65 Å². The van der Waals surface area contributed by atoms with Crippen LogP contribution in [0.5, 0.6) is 0 Å². The molecule has 0 radical (unpaired) electrons.